The highest BCUT2D eigenvalue weighted by molar-refractivity contribution is 7.14. The van der Waals surface area contributed by atoms with Crippen LogP contribution in [0.3, 0.4) is 0 Å². The van der Waals surface area contributed by atoms with Crippen LogP contribution in [0.5, 0.6) is 0 Å². The van der Waals surface area contributed by atoms with E-state index in [1.807, 2.05) is 47.3 Å². The topological polar surface area (TPSA) is 63.1 Å². The SMILES string of the molecule is O=C(Nc1nc([C@H]2CCCN2c2ccccc2)cs1)c1cccn1Cc1cccnc1. The summed E-state index contributed by atoms with van der Waals surface area (Å²) in [5, 5.41) is 5.68. The Morgan fingerprint density at radius 3 is 2.87 bits per heavy atom. The summed E-state index contributed by atoms with van der Waals surface area (Å²) < 4.78 is 1.93. The van der Waals surface area contributed by atoms with E-state index in [1.54, 1.807) is 6.20 Å². The number of thiazole rings is 1. The Morgan fingerprint density at radius 2 is 2.03 bits per heavy atom. The lowest BCUT2D eigenvalue weighted by atomic mass is 10.1. The molecule has 0 bridgehead atoms. The Bertz CT molecular complexity index is 1150. The number of aromatic nitrogens is 3. The zero-order chi connectivity index (χ0) is 21.0. The molecule has 4 aromatic rings. The van der Waals surface area contributed by atoms with Crippen LogP contribution in [-0.4, -0.2) is 27.0 Å². The third kappa shape index (κ3) is 4.22. The third-order valence-electron chi connectivity index (χ3n) is 5.56. The molecule has 1 fully saturated rings. The van der Waals surface area contributed by atoms with Crippen LogP contribution < -0.4 is 10.2 Å². The summed E-state index contributed by atoms with van der Waals surface area (Å²) in [6.45, 7) is 1.62. The number of pyridine rings is 1. The molecule has 1 saturated heterocycles. The molecule has 31 heavy (non-hydrogen) atoms. The summed E-state index contributed by atoms with van der Waals surface area (Å²) >= 11 is 1.48. The largest absolute Gasteiger partial charge is 0.363 e. The Labute approximate surface area is 185 Å². The van der Waals surface area contributed by atoms with E-state index in [1.165, 1.54) is 17.0 Å². The predicted molar refractivity (Wildman–Crippen MR) is 124 cm³/mol. The van der Waals surface area contributed by atoms with E-state index < -0.39 is 0 Å². The minimum absolute atomic E-state index is 0.152. The van der Waals surface area contributed by atoms with Crippen LogP contribution in [-0.2, 0) is 6.54 Å². The summed E-state index contributed by atoms with van der Waals surface area (Å²) in [6, 6.07) is 18.3. The number of carbonyl (C=O) groups is 1. The summed E-state index contributed by atoms with van der Waals surface area (Å²) in [5.74, 6) is -0.152. The van der Waals surface area contributed by atoms with Gasteiger partial charge in [-0.2, -0.15) is 0 Å². The van der Waals surface area contributed by atoms with Gasteiger partial charge in [0.1, 0.15) is 5.69 Å². The van der Waals surface area contributed by atoms with Crippen LogP contribution >= 0.6 is 11.3 Å². The lowest BCUT2D eigenvalue weighted by Gasteiger charge is -2.25. The van der Waals surface area contributed by atoms with Gasteiger partial charge in [0.15, 0.2) is 5.13 Å². The molecule has 3 aromatic heterocycles. The molecule has 156 valence electrons. The molecule has 1 N–H and O–H groups in total. The van der Waals surface area contributed by atoms with Crippen LogP contribution in [0.4, 0.5) is 10.8 Å². The summed E-state index contributed by atoms with van der Waals surface area (Å²) in [6.07, 6.45) is 7.68. The molecule has 7 heteroatoms. The second-order valence-corrected chi connectivity index (χ2v) is 8.46. The van der Waals surface area contributed by atoms with Crippen LogP contribution in [0.2, 0.25) is 0 Å². The maximum Gasteiger partial charge on any atom is 0.274 e. The maximum absolute atomic E-state index is 12.9. The van der Waals surface area contributed by atoms with Crippen LogP contribution in [0.25, 0.3) is 0 Å². The first kappa shape index (κ1) is 19.5. The third-order valence-corrected chi connectivity index (χ3v) is 6.34. The van der Waals surface area contributed by atoms with Crippen LogP contribution in [0.15, 0.2) is 78.6 Å². The average Bonchev–Trinajstić information content (AvgIpc) is 3.56. The van der Waals surface area contributed by atoms with Gasteiger partial charge in [0.25, 0.3) is 5.91 Å². The Hall–Kier alpha value is -3.45. The zero-order valence-corrected chi connectivity index (χ0v) is 17.8. The number of amides is 1. The fourth-order valence-corrected chi connectivity index (χ4v) is 4.86. The van der Waals surface area contributed by atoms with E-state index in [4.69, 9.17) is 4.98 Å². The number of nitrogens with zero attached hydrogens (tertiary/aromatic N) is 4. The first-order valence-electron chi connectivity index (χ1n) is 10.4. The quantitative estimate of drug-likeness (QED) is 0.469. The van der Waals surface area contributed by atoms with Gasteiger partial charge in [-0.25, -0.2) is 4.98 Å². The molecule has 1 aliphatic heterocycles. The van der Waals surface area contributed by atoms with Crippen molar-refractivity contribution < 1.29 is 4.79 Å². The molecule has 0 spiro atoms. The molecule has 0 radical (unpaired) electrons. The number of carbonyl (C=O) groups excluding carboxylic acids is 1. The van der Waals surface area contributed by atoms with Gasteiger partial charge in [0, 0.05) is 42.7 Å². The van der Waals surface area contributed by atoms with Crippen molar-refractivity contribution in [3.8, 4) is 0 Å². The van der Waals surface area contributed by atoms with Crippen molar-refractivity contribution >= 4 is 28.1 Å². The molecular formula is C24H23N5OS. The van der Waals surface area contributed by atoms with Gasteiger partial charge < -0.3 is 9.47 Å². The van der Waals surface area contributed by atoms with Gasteiger partial charge in [0.05, 0.1) is 11.7 Å². The fourth-order valence-electron chi connectivity index (χ4n) is 4.11. The smallest absolute Gasteiger partial charge is 0.274 e. The van der Waals surface area contributed by atoms with E-state index in [2.05, 4.69) is 44.8 Å². The van der Waals surface area contributed by atoms with Crippen LogP contribution in [0, 0.1) is 0 Å². The minimum Gasteiger partial charge on any atom is -0.363 e. The number of hydrogen-bond acceptors (Lipinski definition) is 5. The number of benzene rings is 1. The Morgan fingerprint density at radius 1 is 1.13 bits per heavy atom. The Balaban J connectivity index is 1.29. The number of para-hydroxylation sites is 1. The van der Waals surface area contributed by atoms with E-state index in [0.717, 1.165) is 30.6 Å². The van der Waals surface area contributed by atoms with Gasteiger partial charge in [0.2, 0.25) is 0 Å². The summed E-state index contributed by atoms with van der Waals surface area (Å²) in [5.41, 5.74) is 3.89. The minimum atomic E-state index is -0.152. The highest BCUT2D eigenvalue weighted by Gasteiger charge is 2.28. The molecule has 4 heterocycles. The number of anilines is 2. The van der Waals surface area contributed by atoms with Gasteiger partial charge in [-0.05, 0) is 48.7 Å². The molecule has 1 aromatic carbocycles. The van der Waals surface area contributed by atoms with Crippen molar-refractivity contribution in [2.75, 3.05) is 16.8 Å². The number of nitrogens with one attached hydrogen (secondary N) is 1. The summed E-state index contributed by atoms with van der Waals surface area (Å²) in [7, 11) is 0. The van der Waals surface area contributed by atoms with E-state index in [-0.39, 0.29) is 11.9 Å². The second-order valence-electron chi connectivity index (χ2n) is 7.60. The highest BCUT2D eigenvalue weighted by Crippen LogP contribution is 2.37. The predicted octanol–water partition coefficient (Wildman–Crippen LogP) is 4.98. The first-order valence-corrected chi connectivity index (χ1v) is 11.3. The molecule has 0 aliphatic carbocycles. The monoisotopic (exact) mass is 429 g/mol. The van der Waals surface area contributed by atoms with Crippen molar-refractivity contribution in [1.29, 1.82) is 0 Å². The lowest BCUT2D eigenvalue weighted by molar-refractivity contribution is 0.101. The van der Waals surface area contributed by atoms with Crippen LogP contribution in [0.1, 0.15) is 40.6 Å². The van der Waals surface area contributed by atoms with Crippen molar-refractivity contribution in [3.63, 3.8) is 0 Å². The molecule has 5 rings (SSSR count). The fraction of sp³-hybridized carbons (Fsp3) is 0.208. The van der Waals surface area contributed by atoms with E-state index in [9.17, 15) is 4.79 Å². The second kappa shape index (κ2) is 8.73. The van der Waals surface area contributed by atoms with Crippen molar-refractivity contribution in [2.24, 2.45) is 0 Å². The first-order chi connectivity index (χ1) is 15.3. The number of rotatable bonds is 6. The summed E-state index contributed by atoms with van der Waals surface area (Å²) in [4.78, 5) is 24.2. The lowest BCUT2D eigenvalue weighted by Crippen LogP contribution is -2.22. The molecule has 6 nitrogen and oxygen atoms in total. The molecule has 1 atom stereocenters. The van der Waals surface area contributed by atoms with Gasteiger partial charge >= 0.3 is 0 Å². The molecule has 1 aliphatic rings. The Kier molecular flexibility index (Phi) is 5.50. The highest BCUT2D eigenvalue weighted by atomic mass is 32.1. The molecule has 0 saturated carbocycles. The standard InChI is InChI=1S/C24H23N5OS/c30-23(22-11-5-13-28(22)16-18-7-4-12-25-15-18)27-24-26-20(17-31-24)21-10-6-14-29(21)19-8-2-1-3-9-19/h1-5,7-9,11-13,15,17,21H,6,10,14,16H2,(H,26,27,30)/t21-/m1/s1. The zero-order valence-electron chi connectivity index (χ0n) is 17.0. The maximum atomic E-state index is 12.9. The average molecular weight is 430 g/mol. The van der Waals surface area contributed by atoms with Crippen molar-refractivity contribution in [1.82, 2.24) is 14.5 Å². The van der Waals surface area contributed by atoms with Gasteiger partial charge in [-0.15, -0.1) is 11.3 Å². The molecular weight excluding hydrogens is 406 g/mol. The van der Waals surface area contributed by atoms with Gasteiger partial charge in [-0.1, -0.05) is 24.3 Å². The van der Waals surface area contributed by atoms with Crippen molar-refractivity contribution in [2.45, 2.75) is 25.4 Å². The van der Waals surface area contributed by atoms with E-state index in [0.29, 0.717) is 17.4 Å². The molecule has 0 unspecified atom stereocenters. The normalized spacial score (nSPS) is 15.9. The van der Waals surface area contributed by atoms with Gasteiger partial charge in [-0.3, -0.25) is 15.1 Å². The van der Waals surface area contributed by atoms with E-state index >= 15 is 0 Å². The van der Waals surface area contributed by atoms with Crippen molar-refractivity contribution in [3.05, 3.63) is 95.5 Å². The molecule has 1 amide bonds. The number of hydrogen-bond donors (Lipinski definition) is 1.